The second-order valence-electron chi connectivity index (χ2n) is 2.83. The van der Waals surface area contributed by atoms with Gasteiger partial charge in [0.05, 0.1) is 4.90 Å². The van der Waals surface area contributed by atoms with Crippen LogP contribution in [0, 0.1) is 0 Å². The summed E-state index contributed by atoms with van der Waals surface area (Å²) in [4.78, 5) is -0.138. The smallest absolute Gasteiger partial charge is 0.294 e. The van der Waals surface area contributed by atoms with Gasteiger partial charge < -0.3 is 4.74 Å². The van der Waals surface area contributed by atoms with Gasteiger partial charge in [-0.1, -0.05) is 12.2 Å². The van der Waals surface area contributed by atoms with E-state index in [0.717, 1.165) is 0 Å². The molecule has 0 spiro atoms. The van der Waals surface area contributed by atoms with Crippen molar-refractivity contribution in [2.24, 2.45) is 0 Å². The van der Waals surface area contributed by atoms with E-state index >= 15 is 0 Å². The molecular formula is C10H12O4S. The van der Waals surface area contributed by atoms with E-state index in [1.54, 1.807) is 0 Å². The first-order chi connectivity index (χ1) is 7.04. The molecule has 1 N–H and O–H groups in total. The van der Waals surface area contributed by atoms with E-state index in [0.29, 0.717) is 12.4 Å². The van der Waals surface area contributed by atoms with Crippen LogP contribution in [-0.4, -0.2) is 19.6 Å². The molecule has 0 amide bonds. The molecule has 0 fully saturated rings. The summed E-state index contributed by atoms with van der Waals surface area (Å²) in [5.74, 6) is 0.556. The zero-order chi connectivity index (χ0) is 11.3. The maximum absolute atomic E-state index is 10.7. The third kappa shape index (κ3) is 3.73. The van der Waals surface area contributed by atoms with E-state index in [-0.39, 0.29) is 4.90 Å². The van der Waals surface area contributed by atoms with Gasteiger partial charge in [-0.3, -0.25) is 4.55 Å². The molecule has 0 heterocycles. The van der Waals surface area contributed by atoms with Gasteiger partial charge in [0.2, 0.25) is 0 Å². The molecule has 0 radical (unpaired) electrons. The van der Waals surface area contributed by atoms with Gasteiger partial charge in [-0.15, -0.1) is 0 Å². The molecule has 0 saturated heterocycles. The predicted molar refractivity (Wildman–Crippen MR) is 56.6 cm³/mol. The van der Waals surface area contributed by atoms with Gasteiger partial charge in [0.15, 0.2) is 0 Å². The van der Waals surface area contributed by atoms with Gasteiger partial charge in [-0.05, 0) is 31.2 Å². The zero-order valence-electron chi connectivity index (χ0n) is 8.25. The SMILES string of the molecule is C/C=C/COc1ccc(S(=O)(=O)O)cc1. The summed E-state index contributed by atoms with van der Waals surface area (Å²) in [5, 5.41) is 0. The lowest BCUT2D eigenvalue weighted by molar-refractivity contribution is 0.362. The summed E-state index contributed by atoms with van der Waals surface area (Å²) in [6, 6.07) is 5.57. The lowest BCUT2D eigenvalue weighted by Gasteiger charge is -2.03. The maximum atomic E-state index is 10.7. The van der Waals surface area contributed by atoms with Gasteiger partial charge >= 0.3 is 0 Å². The molecule has 0 aromatic heterocycles. The third-order valence-corrected chi connectivity index (χ3v) is 2.57. The average Bonchev–Trinajstić information content (AvgIpc) is 2.18. The van der Waals surface area contributed by atoms with Crippen LogP contribution in [0.3, 0.4) is 0 Å². The molecule has 0 unspecified atom stereocenters. The Kier molecular flexibility index (Phi) is 3.88. The van der Waals surface area contributed by atoms with Crippen LogP contribution < -0.4 is 4.74 Å². The van der Waals surface area contributed by atoms with E-state index in [1.807, 2.05) is 19.1 Å². The van der Waals surface area contributed by atoms with Crippen molar-refractivity contribution in [2.45, 2.75) is 11.8 Å². The quantitative estimate of drug-likeness (QED) is 0.631. The molecule has 1 aromatic carbocycles. The number of ether oxygens (including phenoxy) is 1. The summed E-state index contributed by atoms with van der Waals surface area (Å²) in [7, 11) is -4.11. The fourth-order valence-electron chi connectivity index (χ4n) is 0.948. The minimum atomic E-state index is -4.11. The van der Waals surface area contributed by atoms with Crippen molar-refractivity contribution in [3.63, 3.8) is 0 Å². The first kappa shape index (κ1) is 11.7. The summed E-state index contributed by atoms with van der Waals surface area (Å²) in [5.41, 5.74) is 0. The topological polar surface area (TPSA) is 63.6 Å². The van der Waals surface area contributed by atoms with Crippen molar-refractivity contribution in [2.75, 3.05) is 6.61 Å². The Morgan fingerprint density at radius 3 is 2.40 bits per heavy atom. The molecule has 15 heavy (non-hydrogen) atoms. The van der Waals surface area contributed by atoms with Crippen LogP contribution in [0.2, 0.25) is 0 Å². The Bertz CT molecular complexity index is 431. The summed E-state index contributed by atoms with van der Waals surface area (Å²) in [6.45, 7) is 2.31. The van der Waals surface area contributed by atoms with Gasteiger partial charge in [0.25, 0.3) is 10.1 Å². The second-order valence-corrected chi connectivity index (χ2v) is 4.25. The fourth-order valence-corrected chi connectivity index (χ4v) is 1.43. The molecule has 82 valence electrons. The fraction of sp³-hybridized carbons (Fsp3) is 0.200. The van der Waals surface area contributed by atoms with Crippen LogP contribution in [0.15, 0.2) is 41.3 Å². The largest absolute Gasteiger partial charge is 0.490 e. The van der Waals surface area contributed by atoms with Gasteiger partial charge in [-0.2, -0.15) is 8.42 Å². The highest BCUT2D eigenvalue weighted by atomic mass is 32.2. The molecule has 0 aliphatic rings. The molecule has 0 aliphatic heterocycles. The molecule has 1 aromatic rings. The maximum Gasteiger partial charge on any atom is 0.294 e. The third-order valence-electron chi connectivity index (χ3n) is 1.70. The van der Waals surface area contributed by atoms with E-state index in [1.165, 1.54) is 24.3 Å². The van der Waals surface area contributed by atoms with Crippen LogP contribution in [0.1, 0.15) is 6.92 Å². The minimum Gasteiger partial charge on any atom is -0.490 e. The van der Waals surface area contributed by atoms with Gasteiger partial charge in [0.1, 0.15) is 12.4 Å². The molecule has 0 atom stereocenters. The van der Waals surface area contributed by atoms with E-state index in [4.69, 9.17) is 9.29 Å². The first-order valence-corrected chi connectivity index (χ1v) is 5.79. The molecule has 0 bridgehead atoms. The van der Waals surface area contributed by atoms with Crippen molar-refractivity contribution >= 4 is 10.1 Å². The Morgan fingerprint density at radius 1 is 1.33 bits per heavy atom. The van der Waals surface area contributed by atoms with Crippen molar-refractivity contribution in [1.82, 2.24) is 0 Å². The lowest BCUT2D eigenvalue weighted by atomic mass is 10.3. The monoisotopic (exact) mass is 228 g/mol. The number of rotatable bonds is 4. The standard InChI is InChI=1S/C10H12O4S/c1-2-3-8-14-9-4-6-10(7-5-9)15(11,12)13/h2-7H,8H2,1H3,(H,11,12,13)/b3-2+. The highest BCUT2D eigenvalue weighted by molar-refractivity contribution is 7.85. The van der Waals surface area contributed by atoms with E-state index < -0.39 is 10.1 Å². The van der Waals surface area contributed by atoms with Crippen LogP contribution >= 0.6 is 0 Å². The molecule has 0 aliphatic carbocycles. The molecular weight excluding hydrogens is 216 g/mol. The Hall–Kier alpha value is -1.33. The van der Waals surface area contributed by atoms with E-state index in [9.17, 15) is 8.42 Å². The second kappa shape index (κ2) is 4.95. The highest BCUT2D eigenvalue weighted by Crippen LogP contribution is 2.15. The molecule has 4 nitrogen and oxygen atoms in total. The Balaban J connectivity index is 2.73. The first-order valence-electron chi connectivity index (χ1n) is 4.35. The summed E-state index contributed by atoms with van der Waals surface area (Å²) >= 11 is 0. The number of allylic oxidation sites excluding steroid dienone is 1. The lowest BCUT2D eigenvalue weighted by Crippen LogP contribution is -1.98. The van der Waals surface area contributed by atoms with E-state index in [2.05, 4.69) is 0 Å². The normalized spacial score (nSPS) is 11.9. The predicted octanol–water partition coefficient (Wildman–Crippen LogP) is 1.89. The zero-order valence-corrected chi connectivity index (χ0v) is 9.07. The summed E-state index contributed by atoms with van der Waals surface area (Å²) < 4.78 is 35.4. The number of benzene rings is 1. The highest BCUT2D eigenvalue weighted by Gasteiger charge is 2.08. The van der Waals surface area contributed by atoms with Crippen molar-refractivity contribution in [1.29, 1.82) is 0 Å². The van der Waals surface area contributed by atoms with Crippen LogP contribution in [-0.2, 0) is 10.1 Å². The molecule has 0 saturated carbocycles. The molecule has 1 rings (SSSR count). The molecule has 5 heteroatoms. The van der Waals surface area contributed by atoms with Crippen molar-refractivity contribution < 1.29 is 17.7 Å². The van der Waals surface area contributed by atoms with Crippen LogP contribution in [0.4, 0.5) is 0 Å². The van der Waals surface area contributed by atoms with Crippen molar-refractivity contribution in [3.05, 3.63) is 36.4 Å². The number of hydrogen-bond acceptors (Lipinski definition) is 3. The minimum absolute atomic E-state index is 0.138. The van der Waals surface area contributed by atoms with Gasteiger partial charge in [-0.25, -0.2) is 0 Å². The Labute approximate surface area is 88.9 Å². The van der Waals surface area contributed by atoms with Crippen LogP contribution in [0.25, 0.3) is 0 Å². The average molecular weight is 228 g/mol. The van der Waals surface area contributed by atoms with Crippen LogP contribution in [0.5, 0.6) is 5.75 Å². The van der Waals surface area contributed by atoms with Gasteiger partial charge in [0, 0.05) is 0 Å². The Morgan fingerprint density at radius 2 is 1.93 bits per heavy atom. The summed E-state index contributed by atoms with van der Waals surface area (Å²) in [6.07, 6.45) is 3.68. The van der Waals surface area contributed by atoms with Crippen molar-refractivity contribution in [3.8, 4) is 5.75 Å². The number of hydrogen-bond donors (Lipinski definition) is 1.